The molecule has 0 unspecified atom stereocenters. The molecule has 3 aromatic rings. The maximum Gasteiger partial charge on any atom is 0.257 e. The first-order chi connectivity index (χ1) is 12.1. The molecule has 0 saturated heterocycles. The summed E-state index contributed by atoms with van der Waals surface area (Å²) in [6.45, 7) is 0.542. The van der Waals surface area contributed by atoms with Crippen LogP contribution in [0.1, 0.15) is 16.1 Å². The number of benzene rings is 1. The third kappa shape index (κ3) is 4.68. The number of hydrogen-bond donors (Lipinski definition) is 2. The summed E-state index contributed by atoms with van der Waals surface area (Å²) < 4.78 is 0. The summed E-state index contributed by atoms with van der Waals surface area (Å²) in [5.41, 5.74) is 2.61. The molecular weight excluding hydrogens is 359 g/mol. The summed E-state index contributed by atoms with van der Waals surface area (Å²) in [6.07, 6.45) is 4.88. The molecule has 0 bridgehead atoms. The molecule has 0 aliphatic heterocycles. The van der Waals surface area contributed by atoms with Crippen LogP contribution in [0.5, 0.6) is 0 Å². The lowest BCUT2D eigenvalue weighted by atomic mass is 10.2. The van der Waals surface area contributed by atoms with E-state index in [2.05, 4.69) is 20.6 Å². The fourth-order valence-electron chi connectivity index (χ4n) is 2.13. The molecule has 3 rings (SSSR count). The molecule has 25 heavy (non-hydrogen) atoms. The molecule has 7 heteroatoms. The van der Waals surface area contributed by atoms with Gasteiger partial charge in [-0.3, -0.25) is 14.8 Å². The molecule has 2 heterocycles. The summed E-state index contributed by atoms with van der Waals surface area (Å²) >= 11 is 11.8. The van der Waals surface area contributed by atoms with Crippen molar-refractivity contribution < 1.29 is 4.79 Å². The van der Waals surface area contributed by atoms with Gasteiger partial charge < -0.3 is 10.6 Å². The van der Waals surface area contributed by atoms with Gasteiger partial charge in [-0.1, -0.05) is 29.3 Å². The largest absolute Gasteiger partial charge is 0.378 e. The molecular formula is C18H14Cl2N4O. The van der Waals surface area contributed by atoms with E-state index < -0.39 is 0 Å². The second kappa shape index (κ2) is 7.96. The SMILES string of the molecule is O=C(Nc1ccc(Cl)c(Cl)c1)c1cncc(NCc2ccccn2)c1. The van der Waals surface area contributed by atoms with Gasteiger partial charge in [0, 0.05) is 24.3 Å². The van der Waals surface area contributed by atoms with E-state index in [1.165, 1.54) is 6.20 Å². The van der Waals surface area contributed by atoms with Gasteiger partial charge in [0.15, 0.2) is 0 Å². The maximum absolute atomic E-state index is 12.4. The van der Waals surface area contributed by atoms with Crippen LogP contribution >= 0.6 is 23.2 Å². The molecule has 0 atom stereocenters. The molecule has 126 valence electrons. The first-order valence-corrected chi connectivity index (χ1v) is 8.22. The zero-order valence-electron chi connectivity index (χ0n) is 13.0. The van der Waals surface area contributed by atoms with Crippen LogP contribution in [0, 0.1) is 0 Å². The van der Waals surface area contributed by atoms with E-state index in [0.717, 1.165) is 11.4 Å². The zero-order chi connectivity index (χ0) is 17.6. The number of nitrogens with one attached hydrogen (secondary N) is 2. The maximum atomic E-state index is 12.4. The van der Waals surface area contributed by atoms with Gasteiger partial charge in [0.2, 0.25) is 0 Å². The predicted octanol–water partition coefficient (Wildman–Crippen LogP) is 4.65. The Labute approximate surface area is 155 Å². The number of carbonyl (C=O) groups excluding carboxylic acids is 1. The molecule has 5 nitrogen and oxygen atoms in total. The van der Waals surface area contributed by atoms with Gasteiger partial charge in [0.1, 0.15) is 0 Å². The molecule has 0 fully saturated rings. The molecule has 0 aliphatic carbocycles. The average Bonchev–Trinajstić information content (AvgIpc) is 2.64. The van der Waals surface area contributed by atoms with Gasteiger partial charge >= 0.3 is 0 Å². The fraction of sp³-hybridized carbons (Fsp3) is 0.0556. The first kappa shape index (κ1) is 17.2. The number of rotatable bonds is 5. The number of halogens is 2. The van der Waals surface area contributed by atoms with Gasteiger partial charge in [-0.25, -0.2) is 0 Å². The Morgan fingerprint density at radius 3 is 2.64 bits per heavy atom. The van der Waals surface area contributed by atoms with Crippen LogP contribution in [0.3, 0.4) is 0 Å². The van der Waals surface area contributed by atoms with E-state index in [1.807, 2.05) is 18.2 Å². The molecule has 1 aromatic carbocycles. The lowest BCUT2D eigenvalue weighted by molar-refractivity contribution is 0.102. The normalized spacial score (nSPS) is 10.3. The first-order valence-electron chi connectivity index (χ1n) is 7.47. The van der Waals surface area contributed by atoms with Gasteiger partial charge in [-0.05, 0) is 36.4 Å². The molecule has 2 N–H and O–H groups in total. The predicted molar refractivity (Wildman–Crippen MR) is 100 cm³/mol. The Hall–Kier alpha value is -2.63. The highest BCUT2D eigenvalue weighted by atomic mass is 35.5. The number of hydrogen-bond acceptors (Lipinski definition) is 4. The Morgan fingerprint density at radius 1 is 1.00 bits per heavy atom. The Balaban J connectivity index is 1.67. The van der Waals surface area contributed by atoms with Gasteiger partial charge in [-0.2, -0.15) is 0 Å². The van der Waals surface area contributed by atoms with E-state index in [9.17, 15) is 4.79 Å². The topological polar surface area (TPSA) is 66.9 Å². The lowest BCUT2D eigenvalue weighted by Crippen LogP contribution is -2.13. The van der Waals surface area contributed by atoms with Gasteiger partial charge in [0.05, 0.1) is 33.5 Å². The summed E-state index contributed by atoms with van der Waals surface area (Å²) in [5.74, 6) is -0.285. The second-order valence-corrected chi connectivity index (χ2v) is 6.03. The van der Waals surface area contributed by atoms with E-state index in [-0.39, 0.29) is 5.91 Å². The van der Waals surface area contributed by atoms with Crippen LogP contribution in [0.15, 0.2) is 61.1 Å². The van der Waals surface area contributed by atoms with Crippen LogP contribution in [0.2, 0.25) is 10.0 Å². The van der Waals surface area contributed by atoms with Crippen molar-refractivity contribution in [1.82, 2.24) is 9.97 Å². The molecule has 0 aliphatic rings. The Bertz CT molecular complexity index is 887. The summed E-state index contributed by atoms with van der Waals surface area (Å²) in [4.78, 5) is 20.7. The smallest absolute Gasteiger partial charge is 0.257 e. The minimum absolute atomic E-state index is 0.285. The van der Waals surface area contributed by atoms with Crippen LogP contribution < -0.4 is 10.6 Å². The number of nitrogens with zero attached hydrogens (tertiary/aromatic N) is 2. The third-order valence-corrected chi connectivity index (χ3v) is 4.12. The Kier molecular flexibility index (Phi) is 5.48. The van der Waals surface area contributed by atoms with Crippen molar-refractivity contribution in [2.24, 2.45) is 0 Å². The number of aromatic nitrogens is 2. The van der Waals surface area contributed by atoms with Crippen molar-refractivity contribution in [3.05, 3.63) is 82.4 Å². The van der Waals surface area contributed by atoms with Gasteiger partial charge in [0.25, 0.3) is 5.91 Å². The van der Waals surface area contributed by atoms with Crippen molar-refractivity contribution >= 4 is 40.5 Å². The highest BCUT2D eigenvalue weighted by molar-refractivity contribution is 6.42. The molecule has 2 aromatic heterocycles. The van der Waals surface area contributed by atoms with E-state index >= 15 is 0 Å². The van der Waals surface area contributed by atoms with E-state index in [0.29, 0.717) is 27.8 Å². The second-order valence-electron chi connectivity index (χ2n) is 5.22. The highest BCUT2D eigenvalue weighted by Gasteiger charge is 2.09. The third-order valence-electron chi connectivity index (χ3n) is 3.38. The van der Waals surface area contributed by atoms with E-state index in [4.69, 9.17) is 23.2 Å². The van der Waals surface area contributed by atoms with Crippen molar-refractivity contribution in [1.29, 1.82) is 0 Å². The number of anilines is 2. The molecule has 0 spiro atoms. The van der Waals surface area contributed by atoms with Crippen LogP contribution in [0.4, 0.5) is 11.4 Å². The lowest BCUT2D eigenvalue weighted by Gasteiger charge is -2.09. The van der Waals surface area contributed by atoms with E-state index in [1.54, 1.807) is 36.7 Å². The van der Waals surface area contributed by atoms with Crippen molar-refractivity contribution in [2.75, 3.05) is 10.6 Å². The standard InChI is InChI=1S/C18H14Cl2N4O/c19-16-5-4-13(8-17(16)20)24-18(25)12-7-15(10-21-9-12)23-11-14-3-1-2-6-22-14/h1-10,23H,11H2,(H,24,25). The summed E-state index contributed by atoms with van der Waals surface area (Å²) in [7, 11) is 0. The zero-order valence-corrected chi connectivity index (χ0v) is 14.6. The average molecular weight is 373 g/mol. The minimum atomic E-state index is -0.285. The van der Waals surface area contributed by atoms with Gasteiger partial charge in [-0.15, -0.1) is 0 Å². The van der Waals surface area contributed by atoms with Crippen molar-refractivity contribution in [3.8, 4) is 0 Å². The van der Waals surface area contributed by atoms with Crippen LogP contribution in [-0.4, -0.2) is 15.9 Å². The summed E-state index contributed by atoms with van der Waals surface area (Å²) in [5, 5.41) is 6.77. The minimum Gasteiger partial charge on any atom is -0.378 e. The molecule has 1 amide bonds. The number of amides is 1. The van der Waals surface area contributed by atoms with Crippen LogP contribution in [-0.2, 0) is 6.54 Å². The van der Waals surface area contributed by atoms with Crippen molar-refractivity contribution in [2.45, 2.75) is 6.54 Å². The fourth-order valence-corrected chi connectivity index (χ4v) is 2.43. The molecule has 0 radical (unpaired) electrons. The molecule has 0 saturated carbocycles. The van der Waals surface area contributed by atoms with Crippen molar-refractivity contribution in [3.63, 3.8) is 0 Å². The highest BCUT2D eigenvalue weighted by Crippen LogP contribution is 2.25. The monoisotopic (exact) mass is 372 g/mol. The Morgan fingerprint density at radius 2 is 1.88 bits per heavy atom. The van der Waals surface area contributed by atoms with Crippen LogP contribution in [0.25, 0.3) is 0 Å². The number of carbonyl (C=O) groups is 1. The number of pyridine rings is 2. The quantitative estimate of drug-likeness (QED) is 0.683. The summed E-state index contributed by atoms with van der Waals surface area (Å²) in [6, 6.07) is 12.3.